The number of ether oxygens (including phenoxy) is 8. The van der Waals surface area contributed by atoms with Crippen LogP contribution in [0.1, 0.15) is 227 Å². The van der Waals surface area contributed by atoms with E-state index in [2.05, 4.69) is 29.8 Å². The lowest BCUT2D eigenvalue weighted by molar-refractivity contribution is -0.401. The van der Waals surface area contributed by atoms with E-state index in [9.17, 15) is 90.7 Å². The summed E-state index contributed by atoms with van der Waals surface area (Å²) in [5, 5.41) is 163. The topological polar surface area (TPSA) is 461 Å². The molecule has 0 spiro atoms. The summed E-state index contributed by atoms with van der Waals surface area (Å²) in [6.45, 7) is 1.74. The van der Waals surface area contributed by atoms with Gasteiger partial charge in [-0.3, -0.25) is 14.4 Å². The Bertz CT molecular complexity index is 2210. The van der Waals surface area contributed by atoms with E-state index < -0.39 is 198 Å². The smallest absolute Gasteiger partial charge is 0.364 e. The van der Waals surface area contributed by atoms with Crippen LogP contribution in [-0.2, 0) is 57.1 Å². The maximum absolute atomic E-state index is 13.6. The van der Waals surface area contributed by atoms with Gasteiger partial charge < -0.3 is 125 Å². The fourth-order valence-corrected chi connectivity index (χ4v) is 13.2. The van der Waals surface area contributed by atoms with E-state index in [1.807, 2.05) is 6.08 Å². The minimum Gasteiger partial charge on any atom is -0.477 e. The molecule has 0 aromatic heterocycles. The van der Waals surface area contributed by atoms with Crippen molar-refractivity contribution in [1.82, 2.24) is 16.0 Å². The van der Waals surface area contributed by atoms with Gasteiger partial charge >= 0.3 is 5.97 Å². The van der Waals surface area contributed by atoms with Crippen molar-refractivity contribution in [3.05, 3.63) is 12.2 Å². The lowest BCUT2D eigenvalue weighted by Crippen LogP contribution is -2.72. The van der Waals surface area contributed by atoms with Crippen molar-refractivity contribution >= 4 is 23.7 Å². The molecule has 0 aliphatic carbocycles. The van der Waals surface area contributed by atoms with Crippen molar-refractivity contribution in [1.29, 1.82) is 0 Å². The molecule has 4 fully saturated rings. The Morgan fingerprint density at radius 3 is 1.48 bits per heavy atom. The van der Waals surface area contributed by atoms with E-state index in [4.69, 9.17) is 37.9 Å². The molecule has 4 aliphatic heterocycles. The first kappa shape index (κ1) is 87.2. The molecule has 4 heterocycles. The Morgan fingerprint density at radius 2 is 0.990 bits per heavy atom. The Labute approximate surface area is 578 Å². The number of rotatable bonds is 51. The number of nitrogens with one attached hydrogen (secondary N) is 3. The van der Waals surface area contributed by atoms with Crippen LogP contribution in [0.4, 0.5) is 0 Å². The third-order valence-electron chi connectivity index (χ3n) is 19.0. The molecule has 4 aliphatic rings. The number of carbonyl (C=O) groups is 4. The van der Waals surface area contributed by atoms with Crippen molar-refractivity contribution < 1.29 is 129 Å². The third kappa shape index (κ3) is 28.8. The van der Waals surface area contributed by atoms with E-state index in [1.54, 1.807) is 6.08 Å². The number of aliphatic hydroxyl groups is 13. The number of allylic oxidation sites excluding steroid dienone is 1. The molecule has 17 N–H and O–H groups in total. The van der Waals surface area contributed by atoms with Crippen LogP contribution in [0.5, 0.6) is 0 Å². The summed E-state index contributed by atoms with van der Waals surface area (Å²) in [6.07, 6.45) is -1.88. The lowest BCUT2D eigenvalue weighted by Gasteiger charge is -2.52. The van der Waals surface area contributed by atoms with Gasteiger partial charge in [-0.25, -0.2) is 4.79 Å². The number of carbonyl (C=O) groups excluding carboxylic acids is 3. The minimum absolute atomic E-state index is 0.162. The predicted molar refractivity (Wildman–Crippen MR) is 355 cm³/mol. The molecule has 572 valence electrons. The average Bonchev–Trinajstić information content (AvgIpc) is 0.751. The molecule has 0 saturated carbocycles. The largest absolute Gasteiger partial charge is 0.477 e. The van der Waals surface area contributed by atoms with Crippen LogP contribution in [0.3, 0.4) is 0 Å². The quantitative estimate of drug-likeness (QED) is 0.0305. The summed E-state index contributed by atoms with van der Waals surface area (Å²) in [7, 11) is 0. The third-order valence-corrected chi connectivity index (χ3v) is 19.0. The Morgan fingerprint density at radius 1 is 0.531 bits per heavy atom. The van der Waals surface area contributed by atoms with Gasteiger partial charge in [-0.2, -0.15) is 0 Å². The SMILES string of the molecule is CCCCCCCCCCCCC/C=C/[C@@H](O)[C@H](CO[C@@H]1OC(CO)[C@@H](O[C@@H]2OC(CO)[C@H](O[C@@H]3OC(CO)[C@H](O)[C@H](O)C3NC(C)=O)[C@H](O[C@]3(C(=O)O)CC(O)[C@@H](NC(C)=O)C([C@H](O)[C@H](O)CO)O3)C2O)[C@H](O)C1O)NC(=O)CCCCCCCCCCCCCCCCCCC. The molecular formula is C69H125N3O26. The maximum Gasteiger partial charge on any atom is 0.364 e. The number of carboxylic acid groups (broad SMARTS) is 1. The summed E-state index contributed by atoms with van der Waals surface area (Å²) in [5.74, 6) is -7.36. The lowest BCUT2D eigenvalue weighted by atomic mass is 9.88. The molecule has 98 heavy (non-hydrogen) atoms. The number of aliphatic hydroxyl groups excluding tert-OH is 13. The molecule has 8 unspecified atom stereocenters. The Hall–Kier alpha value is -3.22. The van der Waals surface area contributed by atoms with Crippen LogP contribution in [0.2, 0.25) is 0 Å². The summed E-state index contributed by atoms with van der Waals surface area (Å²) < 4.78 is 47.9. The molecule has 3 amide bonds. The summed E-state index contributed by atoms with van der Waals surface area (Å²) in [5.41, 5.74) is 0. The zero-order valence-corrected chi connectivity index (χ0v) is 58.5. The van der Waals surface area contributed by atoms with E-state index in [0.29, 0.717) is 12.8 Å². The Kier molecular flexibility index (Phi) is 42.6. The second-order valence-electron chi connectivity index (χ2n) is 27.2. The van der Waals surface area contributed by atoms with Gasteiger partial charge in [-0.15, -0.1) is 0 Å². The summed E-state index contributed by atoms with van der Waals surface area (Å²) in [4.78, 5) is 51.9. The van der Waals surface area contributed by atoms with E-state index >= 15 is 0 Å². The zero-order valence-electron chi connectivity index (χ0n) is 58.5. The molecule has 0 radical (unpaired) electrons. The second-order valence-corrected chi connectivity index (χ2v) is 27.2. The number of amides is 3. The second kappa shape index (κ2) is 47.9. The van der Waals surface area contributed by atoms with E-state index in [1.165, 1.54) is 122 Å². The highest BCUT2D eigenvalue weighted by Gasteiger charge is 2.61. The molecule has 29 heteroatoms. The van der Waals surface area contributed by atoms with Gasteiger partial charge in [-0.1, -0.05) is 193 Å². The summed E-state index contributed by atoms with van der Waals surface area (Å²) >= 11 is 0. The van der Waals surface area contributed by atoms with Crippen LogP contribution in [-0.4, -0.2) is 269 Å². The van der Waals surface area contributed by atoms with Crippen LogP contribution < -0.4 is 16.0 Å². The molecule has 4 rings (SSSR count). The molecule has 4 saturated heterocycles. The van der Waals surface area contributed by atoms with Crippen molar-refractivity contribution in [2.75, 3.05) is 33.0 Å². The molecule has 29 nitrogen and oxygen atoms in total. The van der Waals surface area contributed by atoms with Crippen LogP contribution in [0.15, 0.2) is 12.2 Å². The number of aliphatic carboxylic acids is 1. The van der Waals surface area contributed by atoms with Crippen molar-refractivity contribution in [2.24, 2.45) is 0 Å². The van der Waals surface area contributed by atoms with Gasteiger partial charge in [0.25, 0.3) is 5.79 Å². The van der Waals surface area contributed by atoms with E-state index in [-0.39, 0.29) is 12.3 Å². The molecule has 0 bridgehead atoms. The predicted octanol–water partition coefficient (Wildman–Crippen LogP) is 1.91. The van der Waals surface area contributed by atoms with Crippen LogP contribution in [0, 0.1) is 0 Å². The van der Waals surface area contributed by atoms with Gasteiger partial charge in [0.1, 0.15) is 91.5 Å². The first-order valence-electron chi connectivity index (χ1n) is 36.6. The molecular weight excluding hydrogens is 1290 g/mol. The number of carboxylic acids is 1. The average molecular weight is 1410 g/mol. The molecule has 0 aromatic rings. The van der Waals surface area contributed by atoms with Gasteiger partial charge in [-0.05, 0) is 19.3 Å². The first-order chi connectivity index (χ1) is 47.0. The standard InChI is InChI=1S/C69H125N3O26/c1-5-7-9-11-13-15-17-19-20-21-22-24-26-28-30-32-34-36-52(82)72-45(46(79)35-33-31-29-27-25-23-18-16-14-12-10-8-6-2)42-91-66-59(87)58(86)61(50(40-75)93-66)95-67-60(88)64(62(51(41-76)94-67)96-65-54(71-44(4)78)57(85)56(84)49(39-74)92-65)98-69(68(89)90)37-47(80)53(70-43(3)77)63(97-69)55(83)48(81)38-73/h33,35,45-51,53-67,73-76,79-81,83-88H,5-32,34,36-42H2,1-4H3,(H,70,77)(H,71,78)(H,72,82)(H,89,90)/b35-33+/t45-,46+,47?,48+,49?,50?,51?,53+,54?,55+,56-,57+,58+,59?,60?,61+,62-,63?,64+,65-,66+,67-,69-/m0/s1. The highest BCUT2D eigenvalue weighted by molar-refractivity contribution is 5.77. The Balaban J connectivity index is 1.52. The fraction of sp³-hybridized carbons (Fsp3) is 0.913. The van der Waals surface area contributed by atoms with Gasteiger partial charge in [0.2, 0.25) is 17.7 Å². The molecule has 0 aromatic carbocycles. The van der Waals surface area contributed by atoms with Gasteiger partial charge in [0, 0.05) is 26.7 Å². The number of hydrogen-bond acceptors (Lipinski definition) is 25. The maximum atomic E-state index is 13.6. The van der Waals surface area contributed by atoms with Crippen molar-refractivity contribution in [3.63, 3.8) is 0 Å². The first-order valence-corrected chi connectivity index (χ1v) is 36.6. The highest BCUT2D eigenvalue weighted by atomic mass is 16.8. The zero-order chi connectivity index (χ0) is 72.2. The van der Waals surface area contributed by atoms with Gasteiger partial charge in [0.15, 0.2) is 18.9 Å². The number of unbranched alkanes of at least 4 members (excludes halogenated alkanes) is 27. The fourth-order valence-electron chi connectivity index (χ4n) is 13.2. The van der Waals surface area contributed by atoms with Crippen LogP contribution in [0.25, 0.3) is 0 Å². The van der Waals surface area contributed by atoms with Crippen molar-refractivity contribution in [2.45, 2.75) is 367 Å². The van der Waals surface area contributed by atoms with Crippen LogP contribution >= 0.6 is 0 Å². The highest BCUT2D eigenvalue weighted by Crippen LogP contribution is 2.40. The number of hydrogen-bond donors (Lipinski definition) is 17. The normalized spacial score (nSPS) is 31.9. The molecule has 23 atom stereocenters. The minimum atomic E-state index is -3.28. The van der Waals surface area contributed by atoms with Crippen molar-refractivity contribution in [3.8, 4) is 0 Å². The van der Waals surface area contributed by atoms with Gasteiger partial charge in [0.05, 0.1) is 57.3 Å². The van der Waals surface area contributed by atoms with E-state index in [0.717, 1.165) is 65.2 Å². The summed E-state index contributed by atoms with van der Waals surface area (Å²) in [6, 6.07) is -4.52. The monoisotopic (exact) mass is 1410 g/mol.